The van der Waals surface area contributed by atoms with Gasteiger partial charge in [-0.15, -0.1) is 12.4 Å². The van der Waals surface area contributed by atoms with Crippen LogP contribution in [0.3, 0.4) is 0 Å². The third-order valence-electron chi connectivity index (χ3n) is 3.17. The molecule has 1 unspecified atom stereocenters. The van der Waals surface area contributed by atoms with Crippen LogP contribution in [-0.4, -0.2) is 25.5 Å². The van der Waals surface area contributed by atoms with Crippen LogP contribution >= 0.6 is 12.4 Å². The number of amides is 1. The third kappa shape index (κ3) is 4.38. The third-order valence-corrected chi connectivity index (χ3v) is 3.17. The lowest BCUT2D eigenvalue weighted by molar-refractivity contribution is -0.137. The Morgan fingerprint density at radius 3 is 2.75 bits per heavy atom. The summed E-state index contributed by atoms with van der Waals surface area (Å²) in [6.45, 7) is 2.25. The summed E-state index contributed by atoms with van der Waals surface area (Å²) in [4.78, 5) is 11.8. The van der Waals surface area contributed by atoms with E-state index < -0.39 is 17.6 Å². The van der Waals surface area contributed by atoms with Crippen LogP contribution in [0.5, 0.6) is 0 Å². The summed E-state index contributed by atoms with van der Waals surface area (Å²) in [6, 6.07) is 4.46. The summed E-state index contributed by atoms with van der Waals surface area (Å²) in [6.07, 6.45) is -3.45. The summed E-state index contributed by atoms with van der Waals surface area (Å²) in [7, 11) is 0. The lowest BCUT2D eigenvalue weighted by Crippen LogP contribution is -2.30. The number of nitrogens with one attached hydrogen (secondary N) is 2. The molecule has 20 heavy (non-hydrogen) atoms. The molecule has 7 heteroatoms. The summed E-state index contributed by atoms with van der Waals surface area (Å²) in [5.74, 6) is -0.104. The highest BCUT2D eigenvalue weighted by Crippen LogP contribution is 2.29. The van der Waals surface area contributed by atoms with Crippen molar-refractivity contribution in [3.05, 3.63) is 35.4 Å². The minimum absolute atomic E-state index is 0. The van der Waals surface area contributed by atoms with Crippen LogP contribution in [0.1, 0.15) is 22.3 Å². The van der Waals surface area contributed by atoms with Gasteiger partial charge in [0.15, 0.2) is 0 Å². The lowest BCUT2D eigenvalue weighted by atomic mass is 10.1. The van der Waals surface area contributed by atoms with Crippen LogP contribution < -0.4 is 10.6 Å². The van der Waals surface area contributed by atoms with Crippen molar-refractivity contribution in [3.8, 4) is 0 Å². The van der Waals surface area contributed by atoms with E-state index in [-0.39, 0.29) is 18.0 Å². The molecule has 1 atom stereocenters. The summed E-state index contributed by atoms with van der Waals surface area (Å²) in [5, 5.41) is 5.84. The van der Waals surface area contributed by atoms with E-state index in [2.05, 4.69) is 10.6 Å². The quantitative estimate of drug-likeness (QED) is 0.900. The highest BCUT2D eigenvalue weighted by atomic mass is 35.5. The predicted octanol–water partition coefficient (Wildman–Crippen LogP) is 2.47. The zero-order valence-electron chi connectivity index (χ0n) is 10.7. The maximum absolute atomic E-state index is 12.5. The molecular weight excluding hydrogens is 293 g/mol. The molecule has 1 heterocycles. The topological polar surface area (TPSA) is 41.1 Å². The highest BCUT2D eigenvalue weighted by molar-refractivity contribution is 5.94. The zero-order valence-corrected chi connectivity index (χ0v) is 11.5. The largest absolute Gasteiger partial charge is 0.416 e. The zero-order chi connectivity index (χ0) is 13.9. The molecule has 0 bridgehead atoms. The monoisotopic (exact) mass is 308 g/mol. The number of rotatable bonds is 3. The number of halogens is 4. The molecule has 1 aliphatic heterocycles. The van der Waals surface area contributed by atoms with Crippen molar-refractivity contribution >= 4 is 18.3 Å². The fourth-order valence-electron chi connectivity index (χ4n) is 2.06. The van der Waals surface area contributed by atoms with Gasteiger partial charge in [-0.25, -0.2) is 0 Å². The first-order chi connectivity index (χ1) is 8.97. The Hall–Kier alpha value is -1.27. The van der Waals surface area contributed by atoms with Crippen LogP contribution in [0.2, 0.25) is 0 Å². The second kappa shape index (κ2) is 6.95. The van der Waals surface area contributed by atoms with Crippen LogP contribution in [0.4, 0.5) is 13.2 Å². The molecule has 3 nitrogen and oxygen atoms in total. The van der Waals surface area contributed by atoms with E-state index in [0.717, 1.165) is 31.6 Å². The van der Waals surface area contributed by atoms with E-state index in [0.29, 0.717) is 12.5 Å². The second-order valence-corrected chi connectivity index (χ2v) is 4.65. The van der Waals surface area contributed by atoms with Gasteiger partial charge in [0.1, 0.15) is 0 Å². The smallest absolute Gasteiger partial charge is 0.352 e. The second-order valence-electron chi connectivity index (χ2n) is 4.65. The SMILES string of the molecule is Cl.O=C(NCC1CCNC1)c1cccc(C(F)(F)F)c1. The maximum atomic E-state index is 12.5. The molecule has 2 rings (SSSR count). The number of carbonyl (C=O) groups is 1. The highest BCUT2D eigenvalue weighted by Gasteiger charge is 2.30. The Morgan fingerprint density at radius 1 is 1.40 bits per heavy atom. The molecule has 112 valence electrons. The minimum Gasteiger partial charge on any atom is -0.352 e. The molecule has 1 amide bonds. The Kier molecular flexibility index (Phi) is 5.83. The number of carbonyl (C=O) groups excluding carboxylic acids is 1. The van der Waals surface area contributed by atoms with Gasteiger partial charge in [0.2, 0.25) is 0 Å². The average molecular weight is 309 g/mol. The van der Waals surface area contributed by atoms with Crippen LogP contribution in [0.25, 0.3) is 0 Å². The number of hydrogen-bond acceptors (Lipinski definition) is 2. The average Bonchev–Trinajstić information content (AvgIpc) is 2.88. The molecule has 0 spiro atoms. The molecule has 1 aliphatic rings. The van der Waals surface area contributed by atoms with Crippen LogP contribution in [0.15, 0.2) is 24.3 Å². The number of alkyl halides is 3. The van der Waals surface area contributed by atoms with Gasteiger partial charge < -0.3 is 10.6 Å². The van der Waals surface area contributed by atoms with Crippen molar-refractivity contribution in [2.24, 2.45) is 5.92 Å². The standard InChI is InChI=1S/C13H15F3N2O.ClH/c14-13(15,16)11-3-1-2-10(6-11)12(19)18-8-9-4-5-17-7-9;/h1-3,6,9,17H,4-5,7-8H2,(H,18,19);1H. The molecule has 0 radical (unpaired) electrons. The fraction of sp³-hybridized carbons (Fsp3) is 0.462. The van der Waals surface area contributed by atoms with Gasteiger partial charge in [-0.3, -0.25) is 4.79 Å². The Bertz CT molecular complexity index is 459. The molecule has 0 saturated carbocycles. The minimum atomic E-state index is -4.42. The van der Waals surface area contributed by atoms with Gasteiger partial charge in [0.25, 0.3) is 5.91 Å². The lowest BCUT2D eigenvalue weighted by Gasteiger charge is -2.11. The summed E-state index contributed by atoms with van der Waals surface area (Å²) < 4.78 is 37.6. The normalized spacial score (nSPS) is 18.4. The van der Waals surface area contributed by atoms with E-state index in [1.54, 1.807) is 0 Å². The van der Waals surface area contributed by atoms with E-state index in [1.807, 2.05) is 0 Å². The molecule has 1 aromatic carbocycles. The van der Waals surface area contributed by atoms with Crippen molar-refractivity contribution in [2.45, 2.75) is 12.6 Å². The van der Waals surface area contributed by atoms with E-state index in [4.69, 9.17) is 0 Å². The molecule has 2 N–H and O–H groups in total. The Morgan fingerprint density at radius 2 is 2.15 bits per heavy atom. The van der Waals surface area contributed by atoms with Gasteiger partial charge in [0.05, 0.1) is 5.56 Å². The maximum Gasteiger partial charge on any atom is 0.416 e. The van der Waals surface area contributed by atoms with Gasteiger partial charge in [-0.2, -0.15) is 13.2 Å². The number of benzene rings is 1. The van der Waals surface area contributed by atoms with Gasteiger partial charge in [0, 0.05) is 12.1 Å². The van der Waals surface area contributed by atoms with Crippen molar-refractivity contribution in [1.29, 1.82) is 0 Å². The van der Waals surface area contributed by atoms with Crippen molar-refractivity contribution < 1.29 is 18.0 Å². The molecule has 0 aromatic heterocycles. The Labute approximate surface area is 121 Å². The first-order valence-electron chi connectivity index (χ1n) is 6.13. The van der Waals surface area contributed by atoms with Crippen LogP contribution in [-0.2, 0) is 6.18 Å². The van der Waals surface area contributed by atoms with E-state index >= 15 is 0 Å². The fourth-order valence-corrected chi connectivity index (χ4v) is 2.06. The molecule has 1 fully saturated rings. The van der Waals surface area contributed by atoms with Gasteiger partial charge in [-0.1, -0.05) is 6.07 Å². The molecule has 0 aliphatic carbocycles. The molecule has 1 aromatic rings. The van der Waals surface area contributed by atoms with Crippen molar-refractivity contribution in [1.82, 2.24) is 10.6 Å². The van der Waals surface area contributed by atoms with Crippen LogP contribution in [0, 0.1) is 5.92 Å². The van der Waals surface area contributed by atoms with E-state index in [9.17, 15) is 18.0 Å². The van der Waals surface area contributed by atoms with E-state index in [1.165, 1.54) is 12.1 Å². The van der Waals surface area contributed by atoms with Crippen molar-refractivity contribution in [3.63, 3.8) is 0 Å². The van der Waals surface area contributed by atoms with Gasteiger partial charge >= 0.3 is 6.18 Å². The summed E-state index contributed by atoms with van der Waals surface area (Å²) in [5.41, 5.74) is -0.761. The molecule has 1 saturated heterocycles. The Balaban J connectivity index is 0.00000200. The summed E-state index contributed by atoms with van der Waals surface area (Å²) >= 11 is 0. The first kappa shape index (κ1) is 16.8. The van der Waals surface area contributed by atoms with Crippen molar-refractivity contribution in [2.75, 3.05) is 19.6 Å². The first-order valence-corrected chi connectivity index (χ1v) is 6.13. The predicted molar refractivity (Wildman–Crippen MR) is 72.0 cm³/mol. The molecular formula is C13H16ClF3N2O. The number of hydrogen-bond donors (Lipinski definition) is 2. The van der Waals surface area contributed by atoms with Gasteiger partial charge in [-0.05, 0) is 43.6 Å².